The molecule has 1 nitrogen and oxygen atoms in total. The fourth-order valence-corrected chi connectivity index (χ4v) is 0.728. The second-order valence-corrected chi connectivity index (χ2v) is 2.45. The van der Waals surface area contributed by atoms with E-state index in [1.165, 1.54) is 0 Å². The van der Waals surface area contributed by atoms with Crippen LogP contribution in [0.3, 0.4) is 0 Å². The van der Waals surface area contributed by atoms with E-state index in [-0.39, 0.29) is 5.92 Å². The molecule has 0 amide bonds. The summed E-state index contributed by atoms with van der Waals surface area (Å²) in [5.74, 6) is 0.0259. The van der Waals surface area contributed by atoms with Gasteiger partial charge in [0.05, 0.1) is 0 Å². The van der Waals surface area contributed by atoms with Gasteiger partial charge in [0.25, 0.3) is 0 Å². The van der Waals surface area contributed by atoms with Gasteiger partial charge in [-0.2, -0.15) is 0 Å². The Morgan fingerprint density at radius 1 is 1.70 bits per heavy atom. The third kappa shape index (κ3) is 3.23. The van der Waals surface area contributed by atoms with Crippen molar-refractivity contribution in [3.05, 3.63) is 24.8 Å². The first-order valence-electron chi connectivity index (χ1n) is 3.44. The first-order valence-corrected chi connectivity index (χ1v) is 3.44. The Balaban J connectivity index is 3.71. The molecule has 56 valence electrons. The number of carbonyl (C=O) groups is 1. The fraction of sp³-hybridized carbons (Fsp3) is 0.444. The van der Waals surface area contributed by atoms with Crippen molar-refractivity contribution in [3.8, 4) is 0 Å². The smallest absolute Gasteiger partial charge is 0.127 e. The maximum Gasteiger partial charge on any atom is 0.127 e. The highest BCUT2D eigenvalue weighted by Gasteiger charge is 2.04. The highest BCUT2D eigenvalue weighted by Crippen LogP contribution is 2.11. The molecule has 0 aliphatic heterocycles. The van der Waals surface area contributed by atoms with Crippen LogP contribution in [0.1, 0.15) is 19.8 Å². The Morgan fingerprint density at radius 3 is 2.60 bits per heavy atom. The normalized spacial score (nSPS) is 12.1. The topological polar surface area (TPSA) is 17.1 Å². The van der Waals surface area contributed by atoms with Gasteiger partial charge in [0.2, 0.25) is 0 Å². The highest BCUT2D eigenvalue weighted by molar-refractivity contribution is 5.58. The van der Waals surface area contributed by atoms with Crippen molar-refractivity contribution in [2.24, 2.45) is 5.92 Å². The van der Waals surface area contributed by atoms with Crippen LogP contribution in [0.25, 0.3) is 0 Å². The summed E-state index contributed by atoms with van der Waals surface area (Å²) in [5.41, 5.74) is 0.942. The second-order valence-electron chi connectivity index (χ2n) is 2.45. The molecule has 0 aromatic carbocycles. The van der Waals surface area contributed by atoms with Gasteiger partial charge < -0.3 is 4.79 Å². The molecule has 1 heteroatoms. The monoisotopic (exact) mass is 138 g/mol. The molecule has 0 rings (SSSR count). The lowest BCUT2D eigenvalue weighted by Crippen LogP contribution is -2.01. The molecule has 0 aliphatic carbocycles. The summed E-state index contributed by atoms with van der Waals surface area (Å²) >= 11 is 0. The second kappa shape index (κ2) is 4.98. The Labute approximate surface area is 62.4 Å². The molecule has 0 saturated carbocycles. The molecule has 10 heavy (non-hydrogen) atoms. The quantitative estimate of drug-likeness (QED) is 0.421. The number of hydrogen-bond acceptors (Lipinski definition) is 1. The number of hydrogen-bond donors (Lipinski definition) is 0. The van der Waals surface area contributed by atoms with Crippen molar-refractivity contribution in [2.75, 3.05) is 0 Å². The molecule has 0 saturated heterocycles. The zero-order chi connectivity index (χ0) is 7.98. The van der Waals surface area contributed by atoms with Gasteiger partial charge >= 0.3 is 0 Å². The van der Waals surface area contributed by atoms with Crippen molar-refractivity contribution in [2.45, 2.75) is 19.8 Å². The van der Waals surface area contributed by atoms with Crippen molar-refractivity contribution in [1.82, 2.24) is 0 Å². The Morgan fingerprint density at radius 2 is 2.30 bits per heavy atom. The van der Waals surface area contributed by atoms with Gasteiger partial charge in [0.1, 0.15) is 6.29 Å². The number of rotatable bonds is 5. The Hall–Kier alpha value is -0.850. The first kappa shape index (κ1) is 9.15. The van der Waals surface area contributed by atoms with Gasteiger partial charge in [-0.1, -0.05) is 18.2 Å². The zero-order valence-electron chi connectivity index (χ0n) is 6.47. The van der Waals surface area contributed by atoms with Crippen molar-refractivity contribution in [1.29, 1.82) is 0 Å². The standard InChI is InChI=1S/C9H14O/c1-4-5-6-9(7-10)8(2)3/h4,7,9H,1-2,5-6H2,3H3. The van der Waals surface area contributed by atoms with Crippen LogP contribution in [0.15, 0.2) is 24.8 Å². The predicted molar refractivity (Wildman–Crippen MR) is 43.8 cm³/mol. The molecule has 0 spiro atoms. The van der Waals surface area contributed by atoms with E-state index in [1.54, 1.807) is 0 Å². The summed E-state index contributed by atoms with van der Waals surface area (Å²) < 4.78 is 0. The van der Waals surface area contributed by atoms with Crippen LogP contribution in [0.4, 0.5) is 0 Å². The van der Waals surface area contributed by atoms with Crippen molar-refractivity contribution >= 4 is 6.29 Å². The number of allylic oxidation sites excluding steroid dienone is 2. The molecule has 0 aromatic rings. The SMILES string of the molecule is C=CCCC(C=O)C(=C)C. The Kier molecular flexibility index (Phi) is 4.55. The summed E-state index contributed by atoms with van der Waals surface area (Å²) in [6.07, 6.45) is 4.50. The average molecular weight is 138 g/mol. The van der Waals surface area contributed by atoms with Crippen LogP contribution >= 0.6 is 0 Å². The first-order chi connectivity index (χ1) is 4.72. The van der Waals surface area contributed by atoms with Crippen LogP contribution in [0, 0.1) is 5.92 Å². The third-order valence-corrected chi connectivity index (χ3v) is 1.48. The number of carbonyl (C=O) groups excluding carboxylic acids is 1. The number of aldehydes is 1. The largest absolute Gasteiger partial charge is 0.303 e. The fourth-order valence-electron chi connectivity index (χ4n) is 0.728. The minimum Gasteiger partial charge on any atom is -0.303 e. The van der Waals surface area contributed by atoms with E-state index in [0.29, 0.717) is 0 Å². The van der Waals surface area contributed by atoms with E-state index >= 15 is 0 Å². The maximum absolute atomic E-state index is 10.4. The molecular weight excluding hydrogens is 124 g/mol. The molecule has 0 radical (unpaired) electrons. The lowest BCUT2D eigenvalue weighted by molar-refractivity contribution is -0.110. The highest BCUT2D eigenvalue weighted by atomic mass is 16.1. The van der Waals surface area contributed by atoms with E-state index in [4.69, 9.17) is 0 Å². The van der Waals surface area contributed by atoms with E-state index in [0.717, 1.165) is 24.7 Å². The van der Waals surface area contributed by atoms with Crippen LogP contribution in [-0.4, -0.2) is 6.29 Å². The van der Waals surface area contributed by atoms with Crippen LogP contribution in [0.5, 0.6) is 0 Å². The minimum absolute atomic E-state index is 0.0259. The molecular formula is C9H14O. The third-order valence-electron chi connectivity index (χ3n) is 1.48. The summed E-state index contributed by atoms with van der Waals surface area (Å²) in [7, 11) is 0. The van der Waals surface area contributed by atoms with Gasteiger partial charge in [0, 0.05) is 5.92 Å². The lowest BCUT2D eigenvalue weighted by Gasteiger charge is -2.06. The van der Waals surface area contributed by atoms with Crippen LogP contribution in [0.2, 0.25) is 0 Å². The van der Waals surface area contributed by atoms with Gasteiger partial charge in [-0.25, -0.2) is 0 Å². The van der Waals surface area contributed by atoms with E-state index in [9.17, 15) is 4.79 Å². The summed E-state index contributed by atoms with van der Waals surface area (Å²) in [6, 6.07) is 0. The van der Waals surface area contributed by atoms with Gasteiger partial charge in [-0.05, 0) is 19.8 Å². The van der Waals surface area contributed by atoms with Gasteiger partial charge in [-0.15, -0.1) is 6.58 Å². The van der Waals surface area contributed by atoms with Gasteiger partial charge in [0.15, 0.2) is 0 Å². The Bertz CT molecular complexity index is 136. The molecule has 0 bridgehead atoms. The zero-order valence-corrected chi connectivity index (χ0v) is 6.47. The van der Waals surface area contributed by atoms with Crippen molar-refractivity contribution < 1.29 is 4.79 Å². The van der Waals surface area contributed by atoms with E-state index in [2.05, 4.69) is 13.2 Å². The predicted octanol–water partition coefficient (Wildman–Crippen LogP) is 2.34. The minimum atomic E-state index is 0.0259. The van der Waals surface area contributed by atoms with Crippen molar-refractivity contribution in [3.63, 3.8) is 0 Å². The molecule has 0 aromatic heterocycles. The van der Waals surface area contributed by atoms with Crippen LogP contribution in [-0.2, 0) is 4.79 Å². The molecule has 0 aliphatic rings. The van der Waals surface area contributed by atoms with Gasteiger partial charge in [-0.3, -0.25) is 0 Å². The molecule has 1 unspecified atom stereocenters. The lowest BCUT2D eigenvalue weighted by atomic mass is 9.98. The summed E-state index contributed by atoms with van der Waals surface area (Å²) in [6.45, 7) is 9.17. The van der Waals surface area contributed by atoms with E-state index < -0.39 is 0 Å². The average Bonchev–Trinajstić information content (AvgIpc) is 1.89. The van der Waals surface area contributed by atoms with Crippen LogP contribution < -0.4 is 0 Å². The summed E-state index contributed by atoms with van der Waals surface area (Å²) in [4.78, 5) is 10.4. The maximum atomic E-state index is 10.4. The van der Waals surface area contributed by atoms with E-state index in [1.807, 2.05) is 13.0 Å². The molecule has 0 fully saturated rings. The molecule has 1 atom stereocenters. The summed E-state index contributed by atoms with van der Waals surface area (Å²) in [5, 5.41) is 0. The molecule has 0 heterocycles. The molecule has 0 N–H and O–H groups in total.